The third-order valence-electron chi connectivity index (χ3n) is 5.08. The van der Waals surface area contributed by atoms with Crippen LogP contribution in [-0.4, -0.2) is 27.5 Å². The average Bonchev–Trinajstić information content (AvgIpc) is 3.29. The summed E-state index contributed by atoms with van der Waals surface area (Å²) in [5, 5.41) is 4.12. The minimum Gasteiger partial charge on any atom is -0.339 e. The summed E-state index contributed by atoms with van der Waals surface area (Å²) in [5.74, 6) is 1.22. The Balaban J connectivity index is 1.46. The van der Waals surface area contributed by atoms with E-state index in [1.165, 1.54) is 11.1 Å². The Morgan fingerprint density at radius 2 is 1.96 bits per heavy atom. The summed E-state index contributed by atoms with van der Waals surface area (Å²) >= 11 is 0. The van der Waals surface area contributed by atoms with Crippen LogP contribution in [0, 0.1) is 6.92 Å². The van der Waals surface area contributed by atoms with Crippen LogP contribution >= 0.6 is 0 Å². The number of nitrogens with zero attached hydrogens (tertiary/aromatic N) is 3. The fraction of sp³-hybridized carbons (Fsp3) is 0.318. The number of carbonyl (C=O) groups excluding carboxylic acids is 1. The molecule has 0 bridgehead atoms. The molecule has 1 aliphatic heterocycles. The van der Waals surface area contributed by atoms with Crippen molar-refractivity contribution in [3.63, 3.8) is 0 Å². The van der Waals surface area contributed by atoms with Crippen molar-refractivity contribution in [3.05, 3.63) is 71.1 Å². The maximum absolute atomic E-state index is 12.4. The lowest BCUT2D eigenvalue weighted by Gasteiger charge is -2.16. The molecule has 4 rings (SSSR count). The van der Waals surface area contributed by atoms with E-state index in [1.54, 1.807) is 0 Å². The first-order valence-electron chi connectivity index (χ1n) is 9.38. The standard InChI is InChI=1S/C22H23N3O2/c1-3-16-7-9-18(10-8-16)21-23-22(27-24-21)19-12-20(26)25(14-19)13-17-6-4-5-15(2)11-17/h4-11,19H,3,12-14H2,1-2H3. The van der Waals surface area contributed by atoms with Gasteiger partial charge in [-0.2, -0.15) is 4.98 Å². The average molecular weight is 361 g/mol. The van der Waals surface area contributed by atoms with E-state index >= 15 is 0 Å². The van der Waals surface area contributed by atoms with Crippen LogP contribution in [0.1, 0.15) is 41.8 Å². The first-order valence-corrected chi connectivity index (χ1v) is 9.38. The summed E-state index contributed by atoms with van der Waals surface area (Å²) in [6.07, 6.45) is 1.42. The smallest absolute Gasteiger partial charge is 0.232 e. The van der Waals surface area contributed by atoms with Crippen molar-refractivity contribution < 1.29 is 9.32 Å². The summed E-state index contributed by atoms with van der Waals surface area (Å²) < 4.78 is 5.49. The number of aromatic nitrogens is 2. The lowest BCUT2D eigenvalue weighted by molar-refractivity contribution is -0.128. The Hall–Kier alpha value is -2.95. The molecule has 0 spiro atoms. The monoisotopic (exact) mass is 361 g/mol. The zero-order valence-corrected chi connectivity index (χ0v) is 15.7. The second-order valence-electron chi connectivity index (χ2n) is 7.17. The van der Waals surface area contributed by atoms with Crippen LogP contribution in [0.15, 0.2) is 53.1 Å². The minimum atomic E-state index is -0.0431. The fourth-order valence-electron chi connectivity index (χ4n) is 3.53. The summed E-state index contributed by atoms with van der Waals surface area (Å²) in [6, 6.07) is 16.4. The van der Waals surface area contributed by atoms with Crippen LogP contribution in [-0.2, 0) is 17.8 Å². The van der Waals surface area contributed by atoms with Crippen molar-refractivity contribution in [1.82, 2.24) is 15.0 Å². The van der Waals surface area contributed by atoms with Gasteiger partial charge in [0.05, 0.1) is 5.92 Å². The van der Waals surface area contributed by atoms with Gasteiger partial charge in [0.25, 0.3) is 0 Å². The Kier molecular flexibility index (Phi) is 4.75. The lowest BCUT2D eigenvalue weighted by atomic mass is 10.1. The molecule has 5 nitrogen and oxygen atoms in total. The van der Waals surface area contributed by atoms with Gasteiger partial charge in [-0.05, 0) is 24.5 Å². The summed E-state index contributed by atoms with van der Waals surface area (Å²) in [6.45, 7) is 5.42. The number of benzene rings is 2. The number of aryl methyl sites for hydroxylation is 2. The van der Waals surface area contributed by atoms with E-state index in [-0.39, 0.29) is 11.8 Å². The van der Waals surface area contributed by atoms with Crippen molar-refractivity contribution in [2.24, 2.45) is 0 Å². The highest BCUT2D eigenvalue weighted by Gasteiger charge is 2.34. The molecule has 0 N–H and O–H groups in total. The van der Waals surface area contributed by atoms with Gasteiger partial charge in [0, 0.05) is 25.1 Å². The van der Waals surface area contributed by atoms with Gasteiger partial charge in [-0.25, -0.2) is 0 Å². The molecular weight excluding hydrogens is 338 g/mol. The molecule has 0 saturated carbocycles. The van der Waals surface area contributed by atoms with Gasteiger partial charge in [-0.15, -0.1) is 0 Å². The van der Waals surface area contributed by atoms with Crippen LogP contribution in [0.5, 0.6) is 0 Å². The predicted molar refractivity (Wildman–Crippen MR) is 103 cm³/mol. The molecule has 2 aromatic carbocycles. The van der Waals surface area contributed by atoms with Crippen molar-refractivity contribution in [3.8, 4) is 11.4 Å². The second kappa shape index (κ2) is 7.35. The molecule has 27 heavy (non-hydrogen) atoms. The van der Waals surface area contributed by atoms with Crippen molar-refractivity contribution in [1.29, 1.82) is 0 Å². The van der Waals surface area contributed by atoms with E-state index in [2.05, 4.69) is 54.3 Å². The summed E-state index contributed by atoms with van der Waals surface area (Å²) in [5.41, 5.74) is 4.55. The van der Waals surface area contributed by atoms with Crippen LogP contribution < -0.4 is 0 Å². The molecule has 0 radical (unpaired) electrons. The van der Waals surface area contributed by atoms with E-state index < -0.39 is 0 Å². The van der Waals surface area contributed by atoms with Gasteiger partial charge in [0.1, 0.15) is 0 Å². The minimum absolute atomic E-state index is 0.0431. The van der Waals surface area contributed by atoms with E-state index in [0.717, 1.165) is 17.5 Å². The molecule has 1 aliphatic rings. The number of hydrogen-bond acceptors (Lipinski definition) is 4. The van der Waals surface area contributed by atoms with E-state index in [4.69, 9.17) is 4.52 Å². The Morgan fingerprint density at radius 3 is 2.70 bits per heavy atom. The van der Waals surface area contributed by atoms with Crippen LogP contribution in [0.25, 0.3) is 11.4 Å². The molecule has 2 heterocycles. The topological polar surface area (TPSA) is 59.2 Å². The highest BCUT2D eigenvalue weighted by Crippen LogP contribution is 2.29. The van der Waals surface area contributed by atoms with Gasteiger partial charge in [0.15, 0.2) is 0 Å². The van der Waals surface area contributed by atoms with E-state index in [9.17, 15) is 4.79 Å². The molecule has 1 aromatic heterocycles. The lowest BCUT2D eigenvalue weighted by Crippen LogP contribution is -2.24. The molecule has 138 valence electrons. The fourth-order valence-corrected chi connectivity index (χ4v) is 3.53. The first kappa shape index (κ1) is 17.5. The number of carbonyl (C=O) groups is 1. The maximum atomic E-state index is 12.4. The van der Waals surface area contributed by atoms with E-state index in [0.29, 0.717) is 31.2 Å². The van der Waals surface area contributed by atoms with Crippen molar-refractivity contribution in [2.75, 3.05) is 6.54 Å². The molecule has 1 unspecified atom stereocenters. The number of amides is 1. The summed E-state index contributed by atoms with van der Waals surface area (Å²) in [7, 11) is 0. The zero-order valence-electron chi connectivity index (χ0n) is 15.7. The molecule has 3 aromatic rings. The first-order chi connectivity index (χ1) is 13.1. The molecule has 0 aliphatic carbocycles. The maximum Gasteiger partial charge on any atom is 0.232 e. The molecular formula is C22H23N3O2. The number of likely N-dealkylation sites (tertiary alicyclic amines) is 1. The van der Waals surface area contributed by atoms with E-state index in [1.807, 2.05) is 23.1 Å². The number of hydrogen-bond donors (Lipinski definition) is 0. The van der Waals surface area contributed by atoms with Gasteiger partial charge in [-0.1, -0.05) is 66.2 Å². The molecule has 5 heteroatoms. The molecule has 1 fully saturated rings. The molecule has 1 atom stereocenters. The third-order valence-corrected chi connectivity index (χ3v) is 5.08. The largest absolute Gasteiger partial charge is 0.339 e. The second-order valence-corrected chi connectivity index (χ2v) is 7.17. The summed E-state index contributed by atoms with van der Waals surface area (Å²) in [4.78, 5) is 18.9. The molecule has 1 saturated heterocycles. The Labute approximate surface area is 159 Å². The zero-order chi connectivity index (χ0) is 18.8. The van der Waals surface area contributed by atoms with Gasteiger partial charge >= 0.3 is 0 Å². The highest BCUT2D eigenvalue weighted by atomic mass is 16.5. The third kappa shape index (κ3) is 3.77. The van der Waals surface area contributed by atoms with Gasteiger partial charge in [-0.3, -0.25) is 4.79 Å². The van der Waals surface area contributed by atoms with Gasteiger partial charge < -0.3 is 9.42 Å². The van der Waals surface area contributed by atoms with Crippen molar-refractivity contribution >= 4 is 5.91 Å². The van der Waals surface area contributed by atoms with Crippen LogP contribution in [0.3, 0.4) is 0 Å². The van der Waals surface area contributed by atoms with Crippen LogP contribution in [0.4, 0.5) is 0 Å². The highest BCUT2D eigenvalue weighted by molar-refractivity contribution is 5.79. The van der Waals surface area contributed by atoms with Crippen molar-refractivity contribution in [2.45, 2.75) is 39.2 Å². The Bertz CT molecular complexity index is 946. The SMILES string of the molecule is CCc1ccc(-c2noc(C3CC(=O)N(Cc4cccc(C)c4)C3)n2)cc1. The van der Waals surface area contributed by atoms with Gasteiger partial charge in [0.2, 0.25) is 17.6 Å². The molecule has 1 amide bonds. The quantitative estimate of drug-likeness (QED) is 0.686. The number of rotatable bonds is 5. The predicted octanol–water partition coefficient (Wildman–Crippen LogP) is 4.12. The normalized spacial score (nSPS) is 16.9. The van der Waals surface area contributed by atoms with Crippen LogP contribution in [0.2, 0.25) is 0 Å². The Morgan fingerprint density at radius 1 is 1.15 bits per heavy atom.